The Morgan fingerprint density at radius 3 is 2.84 bits per heavy atom. The predicted octanol–water partition coefficient (Wildman–Crippen LogP) is 0.121. The van der Waals surface area contributed by atoms with Gasteiger partial charge in [-0.25, -0.2) is 4.68 Å². The van der Waals surface area contributed by atoms with Gasteiger partial charge in [0.05, 0.1) is 0 Å². The first-order valence-corrected chi connectivity index (χ1v) is 6.90. The van der Waals surface area contributed by atoms with Crippen LogP contribution < -0.4 is 5.32 Å². The first-order chi connectivity index (χ1) is 9.29. The topological polar surface area (TPSA) is 92.9 Å². The number of carbonyl (C=O) groups is 1. The molecule has 0 bridgehead atoms. The number of rotatable bonds is 6. The van der Waals surface area contributed by atoms with Crippen LogP contribution in [0.1, 0.15) is 38.5 Å². The first kappa shape index (κ1) is 13.9. The molecule has 1 atom stereocenters. The summed E-state index contributed by atoms with van der Waals surface area (Å²) in [6, 6.07) is 0.0641. The standard InChI is InChI=1S/C12H21N5O2/c18-7-6-11(10-4-2-1-3-5-10)14-12(19)8-17-9-13-15-16-17/h9-11,18H,1-8H2,(H,14,19). The monoisotopic (exact) mass is 267 g/mol. The number of aliphatic hydroxyl groups is 1. The van der Waals surface area contributed by atoms with Crippen molar-refractivity contribution in [3.05, 3.63) is 6.33 Å². The fraction of sp³-hybridized carbons (Fsp3) is 0.833. The number of aliphatic hydroxyl groups excluding tert-OH is 1. The number of aromatic nitrogens is 4. The van der Waals surface area contributed by atoms with Gasteiger partial charge in [0.1, 0.15) is 12.9 Å². The summed E-state index contributed by atoms with van der Waals surface area (Å²) < 4.78 is 1.40. The van der Waals surface area contributed by atoms with Gasteiger partial charge in [0.25, 0.3) is 0 Å². The SMILES string of the molecule is O=C(Cn1cnnn1)NC(CCO)C1CCCCC1. The highest BCUT2D eigenvalue weighted by molar-refractivity contribution is 5.75. The van der Waals surface area contributed by atoms with E-state index < -0.39 is 0 Å². The maximum atomic E-state index is 11.9. The Hall–Kier alpha value is -1.50. The zero-order valence-electron chi connectivity index (χ0n) is 11.0. The van der Waals surface area contributed by atoms with E-state index in [4.69, 9.17) is 5.11 Å². The molecule has 1 amide bonds. The molecule has 19 heavy (non-hydrogen) atoms. The molecule has 1 aliphatic rings. The Labute approximate surface area is 112 Å². The van der Waals surface area contributed by atoms with Crippen molar-refractivity contribution in [2.45, 2.75) is 51.1 Å². The van der Waals surface area contributed by atoms with Gasteiger partial charge in [-0.05, 0) is 35.6 Å². The van der Waals surface area contributed by atoms with Crippen LogP contribution in [0.4, 0.5) is 0 Å². The van der Waals surface area contributed by atoms with Crippen LogP contribution in [0.3, 0.4) is 0 Å². The van der Waals surface area contributed by atoms with Crippen molar-refractivity contribution >= 4 is 5.91 Å². The van der Waals surface area contributed by atoms with Gasteiger partial charge in [0.2, 0.25) is 5.91 Å². The summed E-state index contributed by atoms with van der Waals surface area (Å²) in [4.78, 5) is 11.9. The second kappa shape index (κ2) is 7.18. The van der Waals surface area contributed by atoms with Crippen molar-refractivity contribution in [2.24, 2.45) is 5.92 Å². The average Bonchev–Trinajstić information content (AvgIpc) is 2.92. The van der Waals surface area contributed by atoms with Crippen LogP contribution in [-0.4, -0.2) is 43.9 Å². The summed E-state index contributed by atoms with van der Waals surface area (Å²) >= 11 is 0. The van der Waals surface area contributed by atoms with E-state index in [2.05, 4.69) is 20.8 Å². The van der Waals surface area contributed by atoms with Crippen LogP contribution in [0.15, 0.2) is 6.33 Å². The quantitative estimate of drug-likeness (QED) is 0.763. The van der Waals surface area contributed by atoms with E-state index >= 15 is 0 Å². The lowest BCUT2D eigenvalue weighted by molar-refractivity contribution is -0.123. The molecule has 0 aromatic carbocycles. The van der Waals surface area contributed by atoms with Gasteiger partial charge >= 0.3 is 0 Å². The Morgan fingerprint density at radius 1 is 1.42 bits per heavy atom. The molecule has 0 saturated heterocycles. The van der Waals surface area contributed by atoms with Gasteiger partial charge in [0.15, 0.2) is 0 Å². The zero-order valence-corrected chi connectivity index (χ0v) is 11.0. The summed E-state index contributed by atoms with van der Waals surface area (Å²) in [5, 5.41) is 22.8. The number of tetrazole rings is 1. The molecule has 1 aliphatic carbocycles. The van der Waals surface area contributed by atoms with Crippen LogP contribution >= 0.6 is 0 Å². The Morgan fingerprint density at radius 2 is 2.21 bits per heavy atom. The molecular weight excluding hydrogens is 246 g/mol. The van der Waals surface area contributed by atoms with Gasteiger partial charge < -0.3 is 10.4 Å². The second-order valence-electron chi connectivity index (χ2n) is 5.09. The van der Waals surface area contributed by atoms with Crippen molar-refractivity contribution in [3.63, 3.8) is 0 Å². The van der Waals surface area contributed by atoms with Gasteiger partial charge in [-0.3, -0.25) is 4.79 Å². The van der Waals surface area contributed by atoms with Crippen LogP contribution in [0, 0.1) is 5.92 Å². The molecule has 2 rings (SSSR count). The van der Waals surface area contributed by atoms with E-state index in [0.717, 1.165) is 12.8 Å². The molecule has 2 N–H and O–H groups in total. The Balaban J connectivity index is 1.86. The van der Waals surface area contributed by atoms with Crippen LogP contribution in [0.25, 0.3) is 0 Å². The molecule has 7 heteroatoms. The molecule has 106 valence electrons. The van der Waals surface area contributed by atoms with Gasteiger partial charge in [-0.2, -0.15) is 0 Å². The second-order valence-corrected chi connectivity index (χ2v) is 5.09. The number of hydrogen-bond donors (Lipinski definition) is 2. The first-order valence-electron chi connectivity index (χ1n) is 6.90. The number of carbonyl (C=O) groups excluding carboxylic acids is 1. The van der Waals surface area contributed by atoms with E-state index in [1.165, 1.54) is 30.3 Å². The fourth-order valence-corrected chi connectivity index (χ4v) is 2.75. The van der Waals surface area contributed by atoms with E-state index in [0.29, 0.717) is 12.3 Å². The molecule has 7 nitrogen and oxygen atoms in total. The number of nitrogens with one attached hydrogen (secondary N) is 1. The van der Waals surface area contributed by atoms with Crippen LogP contribution in [0.2, 0.25) is 0 Å². The fourth-order valence-electron chi connectivity index (χ4n) is 2.75. The van der Waals surface area contributed by atoms with Crippen molar-refractivity contribution < 1.29 is 9.90 Å². The van der Waals surface area contributed by atoms with E-state index in [1.54, 1.807) is 0 Å². The lowest BCUT2D eigenvalue weighted by atomic mass is 9.82. The number of hydrogen-bond acceptors (Lipinski definition) is 5. The van der Waals surface area contributed by atoms with Crippen LogP contribution in [-0.2, 0) is 11.3 Å². The minimum absolute atomic E-state index is 0.0641. The molecule has 0 radical (unpaired) electrons. The molecule has 0 aliphatic heterocycles. The molecule has 1 fully saturated rings. The van der Waals surface area contributed by atoms with Gasteiger partial charge in [0, 0.05) is 12.6 Å². The van der Waals surface area contributed by atoms with E-state index in [-0.39, 0.29) is 25.1 Å². The normalized spacial score (nSPS) is 18.2. The molecular formula is C12H21N5O2. The molecule has 1 aromatic rings. The third kappa shape index (κ3) is 4.27. The molecule has 0 spiro atoms. The molecule has 1 aromatic heterocycles. The summed E-state index contributed by atoms with van der Waals surface area (Å²) in [5.74, 6) is 0.384. The van der Waals surface area contributed by atoms with Gasteiger partial charge in [-0.15, -0.1) is 5.10 Å². The average molecular weight is 267 g/mol. The zero-order chi connectivity index (χ0) is 13.5. The molecule has 1 heterocycles. The highest BCUT2D eigenvalue weighted by Crippen LogP contribution is 2.27. The summed E-state index contributed by atoms with van der Waals surface area (Å²) in [7, 11) is 0. The summed E-state index contributed by atoms with van der Waals surface area (Å²) in [6.07, 6.45) is 8.02. The number of nitrogens with zero attached hydrogens (tertiary/aromatic N) is 4. The van der Waals surface area contributed by atoms with Crippen molar-refractivity contribution in [2.75, 3.05) is 6.61 Å². The third-order valence-electron chi connectivity index (χ3n) is 3.70. The Kier molecular flexibility index (Phi) is 5.26. The smallest absolute Gasteiger partial charge is 0.242 e. The van der Waals surface area contributed by atoms with E-state index in [1.807, 2.05) is 0 Å². The summed E-state index contributed by atoms with van der Waals surface area (Å²) in [5.41, 5.74) is 0. The van der Waals surface area contributed by atoms with E-state index in [9.17, 15) is 4.79 Å². The minimum Gasteiger partial charge on any atom is -0.396 e. The molecule has 1 saturated carbocycles. The number of amides is 1. The maximum Gasteiger partial charge on any atom is 0.242 e. The van der Waals surface area contributed by atoms with Gasteiger partial charge in [-0.1, -0.05) is 19.3 Å². The highest BCUT2D eigenvalue weighted by atomic mass is 16.3. The molecule has 1 unspecified atom stereocenters. The predicted molar refractivity (Wildman–Crippen MR) is 68.0 cm³/mol. The maximum absolute atomic E-state index is 11.9. The Bertz CT molecular complexity index is 375. The van der Waals surface area contributed by atoms with Crippen molar-refractivity contribution in [1.82, 2.24) is 25.5 Å². The third-order valence-corrected chi connectivity index (χ3v) is 3.70. The minimum atomic E-state index is -0.101. The highest BCUT2D eigenvalue weighted by Gasteiger charge is 2.24. The van der Waals surface area contributed by atoms with Crippen molar-refractivity contribution in [1.29, 1.82) is 0 Å². The summed E-state index contributed by atoms with van der Waals surface area (Å²) in [6.45, 7) is 0.230. The van der Waals surface area contributed by atoms with Crippen LogP contribution in [0.5, 0.6) is 0 Å². The lowest BCUT2D eigenvalue weighted by Gasteiger charge is -2.30. The largest absolute Gasteiger partial charge is 0.396 e. The van der Waals surface area contributed by atoms with Crippen molar-refractivity contribution in [3.8, 4) is 0 Å². The lowest BCUT2D eigenvalue weighted by Crippen LogP contribution is -2.43.